The molecule has 0 aliphatic rings. The summed E-state index contributed by atoms with van der Waals surface area (Å²) in [6, 6.07) is 1.03. The van der Waals surface area contributed by atoms with Gasteiger partial charge in [-0.1, -0.05) is 0 Å². The summed E-state index contributed by atoms with van der Waals surface area (Å²) in [7, 11) is 0. The van der Waals surface area contributed by atoms with Crippen molar-refractivity contribution < 1.29 is 26.3 Å². The Morgan fingerprint density at radius 3 is 1.75 bits per heavy atom. The highest BCUT2D eigenvalue weighted by atomic mass is 32.1. The molecule has 11 heteroatoms. The van der Waals surface area contributed by atoms with Crippen LogP contribution in [0.3, 0.4) is 0 Å². The van der Waals surface area contributed by atoms with Crippen LogP contribution >= 0.6 is 12.6 Å². The molecular weight excluding hydrogens is 310 g/mol. The molecule has 0 bridgehead atoms. The molecule has 0 aliphatic carbocycles. The van der Waals surface area contributed by atoms with Crippen LogP contribution < -0.4 is 0 Å². The number of alkyl halides is 6. The SMILES string of the molecule is FC(F)(F)c1cc(-n2nnnc2S)cc(C(F)(F)F)c1. The average Bonchev–Trinajstić information content (AvgIpc) is 2.72. The Hall–Kier alpha value is -1.78. The van der Waals surface area contributed by atoms with Gasteiger partial charge in [0.2, 0.25) is 5.16 Å². The minimum absolute atomic E-state index is 0.0199. The molecule has 0 atom stereocenters. The number of aromatic nitrogens is 4. The lowest BCUT2D eigenvalue weighted by Gasteiger charge is -2.14. The van der Waals surface area contributed by atoms with Crippen LogP contribution in [0.25, 0.3) is 5.69 Å². The zero-order chi connectivity index (χ0) is 15.1. The summed E-state index contributed by atoms with van der Waals surface area (Å²) < 4.78 is 76.4. The monoisotopic (exact) mass is 314 g/mol. The normalized spacial score (nSPS) is 12.8. The molecule has 0 spiro atoms. The lowest BCUT2D eigenvalue weighted by molar-refractivity contribution is -0.143. The van der Waals surface area contributed by atoms with Crippen molar-refractivity contribution in [3.8, 4) is 5.69 Å². The largest absolute Gasteiger partial charge is 0.416 e. The Morgan fingerprint density at radius 1 is 0.900 bits per heavy atom. The van der Waals surface area contributed by atoms with Gasteiger partial charge in [0, 0.05) is 0 Å². The Morgan fingerprint density at radius 2 is 1.40 bits per heavy atom. The molecule has 0 saturated heterocycles. The Bertz CT molecular complexity index is 600. The molecule has 0 N–H and O–H groups in total. The standard InChI is InChI=1S/C9H4F6N4S/c10-8(11,12)4-1-5(9(13,14)15)3-6(2-4)19-7(20)16-17-18-19/h1-3H,(H,16,18,20). The number of benzene rings is 1. The summed E-state index contributed by atoms with van der Waals surface area (Å²) in [5.41, 5.74) is -3.39. The van der Waals surface area contributed by atoms with E-state index < -0.39 is 29.2 Å². The smallest absolute Gasteiger partial charge is 0.188 e. The Balaban J connectivity index is 2.67. The number of hydrogen-bond acceptors (Lipinski definition) is 4. The van der Waals surface area contributed by atoms with Crippen LogP contribution in [0, 0.1) is 0 Å². The van der Waals surface area contributed by atoms with Crippen LogP contribution in [0.4, 0.5) is 26.3 Å². The van der Waals surface area contributed by atoms with Gasteiger partial charge in [-0.2, -0.15) is 31.0 Å². The van der Waals surface area contributed by atoms with Crippen LogP contribution in [0.15, 0.2) is 23.4 Å². The van der Waals surface area contributed by atoms with Crippen LogP contribution in [0.5, 0.6) is 0 Å². The fraction of sp³-hybridized carbons (Fsp3) is 0.222. The molecule has 108 valence electrons. The van der Waals surface area contributed by atoms with E-state index in [9.17, 15) is 26.3 Å². The molecule has 0 aliphatic heterocycles. The van der Waals surface area contributed by atoms with Gasteiger partial charge in [-0.3, -0.25) is 0 Å². The molecule has 0 radical (unpaired) electrons. The van der Waals surface area contributed by atoms with Gasteiger partial charge in [0.15, 0.2) is 0 Å². The summed E-state index contributed by atoms with van der Waals surface area (Å²) in [5.74, 6) is 0. The Labute approximate surface area is 112 Å². The van der Waals surface area contributed by atoms with E-state index in [4.69, 9.17) is 0 Å². The second-order valence-corrected chi connectivity index (χ2v) is 4.05. The van der Waals surface area contributed by atoms with Crippen molar-refractivity contribution >= 4 is 12.6 Å². The fourth-order valence-corrected chi connectivity index (χ4v) is 1.61. The highest BCUT2D eigenvalue weighted by molar-refractivity contribution is 7.80. The van der Waals surface area contributed by atoms with Crippen LogP contribution in [0.2, 0.25) is 0 Å². The van der Waals surface area contributed by atoms with Gasteiger partial charge >= 0.3 is 12.4 Å². The minimum Gasteiger partial charge on any atom is -0.188 e. The van der Waals surface area contributed by atoms with Crippen molar-refractivity contribution in [3.63, 3.8) is 0 Å². The second kappa shape index (κ2) is 4.65. The van der Waals surface area contributed by atoms with Crippen LogP contribution in [0.1, 0.15) is 11.1 Å². The van der Waals surface area contributed by atoms with Crippen LogP contribution in [-0.2, 0) is 12.4 Å². The lowest BCUT2D eigenvalue weighted by atomic mass is 10.1. The predicted octanol–water partition coefficient (Wildman–Crippen LogP) is 2.99. The van der Waals surface area contributed by atoms with E-state index in [1.54, 1.807) is 0 Å². The third-order valence-corrected chi connectivity index (χ3v) is 2.55. The third kappa shape index (κ3) is 2.86. The van der Waals surface area contributed by atoms with E-state index in [-0.39, 0.29) is 11.2 Å². The quantitative estimate of drug-likeness (QED) is 0.650. The fourth-order valence-electron chi connectivity index (χ4n) is 1.41. The summed E-state index contributed by atoms with van der Waals surface area (Å²) in [5, 5.41) is 9.42. The van der Waals surface area contributed by atoms with Crippen molar-refractivity contribution in [2.24, 2.45) is 0 Å². The van der Waals surface area contributed by atoms with E-state index in [0.717, 1.165) is 0 Å². The van der Waals surface area contributed by atoms with Gasteiger partial charge < -0.3 is 0 Å². The first-order chi connectivity index (χ1) is 9.09. The molecule has 0 amide bonds. The van der Waals surface area contributed by atoms with Crippen molar-refractivity contribution in [1.29, 1.82) is 0 Å². The molecule has 1 heterocycles. The second-order valence-electron chi connectivity index (χ2n) is 3.65. The number of rotatable bonds is 1. The Kier molecular flexibility index (Phi) is 3.40. The highest BCUT2D eigenvalue weighted by Gasteiger charge is 2.37. The number of thiol groups is 1. The molecule has 4 nitrogen and oxygen atoms in total. The van der Waals surface area contributed by atoms with Crippen molar-refractivity contribution in [1.82, 2.24) is 20.2 Å². The summed E-state index contributed by atoms with van der Waals surface area (Å²) in [6.07, 6.45) is -9.86. The maximum atomic E-state index is 12.6. The average molecular weight is 314 g/mol. The first kappa shape index (κ1) is 14.6. The topological polar surface area (TPSA) is 43.6 Å². The molecule has 0 fully saturated rings. The molecule has 1 aromatic heterocycles. The molecule has 2 aromatic rings. The van der Waals surface area contributed by atoms with Crippen molar-refractivity contribution in [2.75, 3.05) is 0 Å². The van der Waals surface area contributed by atoms with Gasteiger partial charge in [-0.25, -0.2) is 0 Å². The molecule has 2 rings (SSSR count). The van der Waals surface area contributed by atoms with E-state index >= 15 is 0 Å². The van der Waals surface area contributed by atoms with E-state index in [1.165, 1.54) is 0 Å². The molecular formula is C9H4F6N4S. The maximum absolute atomic E-state index is 12.6. The highest BCUT2D eigenvalue weighted by Crippen LogP contribution is 2.37. The van der Waals surface area contributed by atoms with Crippen LogP contribution in [-0.4, -0.2) is 20.2 Å². The van der Waals surface area contributed by atoms with Gasteiger partial charge in [0.1, 0.15) is 0 Å². The van der Waals surface area contributed by atoms with E-state index in [2.05, 4.69) is 28.2 Å². The summed E-state index contributed by atoms with van der Waals surface area (Å²) in [4.78, 5) is 0. The molecule has 0 saturated carbocycles. The number of hydrogen-bond donors (Lipinski definition) is 1. The molecule has 0 unspecified atom stereocenters. The zero-order valence-electron chi connectivity index (χ0n) is 9.24. The van der Waals surface area contributed by atoms with Gasteiger partial charge in [0.05, 0.1) is 16.8 Å². The molecule has 1 aromatic carbocycles. The zero-order valence-corrected chi connectivity index (χ0v) is 10.1. The number of halogens is 6. The van der Waals surface area contributed by atoms with Crippen molar-refractivity contribution in [3.05, 3.63) is 29.3 Å². The number of tetrazole rings is 1. The molecule has 20 heavy (non-hydrogen) atoms. The van der Waals surface area contributed by atoms with E-state index in [0.29, 0.717) is 16.8 Å². The van der Waals surface area contributed by atoms with Crippen molar-refractivity contribution in [2.45, 2.75) is 17.5 Å². The lowest BCUT2D eigenvalue weighted by Crippen LogP contribution is -2.13. The summed E-state index contributed by atoms with van der Waals surface area (Å²) >= 11 is 3.74. The summed E-state index contributed by atoms with van der Waals surface area (Å²) in [6.45, 7) is 0. The maximum Gasteiger partial charge on any atom is 0.416 e. The number of nitrogens with zero attached hydrogens (tertiary/aromatic N) is 4. The predicted molar refractivity (Wildman–Crippen MR) is 56.4 cm³/mol. The first-order valence-corrected chi connectivity index (χ1v) is 5.31. The van der Waals surface area contributed by atoms with Gasteiger partial charge in [-0.15, -0.1) is 17.7 Å². The van der Waals surface area contributed by atoms with E-state index in [1.807, 2.05) is 0 Å². The first-order valence-electron chi connectivity index (χ1n) is 4.86. The minimum atomic E-state index is -4.93. The van der Waals surface area contributed by atoms with Gasteiger partial charge in [0.25, 0.3) is 0 Å². The third-order valence-electron chi connectivity index (χ3n) is 2.27. The van der Waals surface area contributed by atoms with Gasteiger partial charge in [-0.05, 0) is 28.6 Å².